The fraction of sp³-hybridized carbons (Fsp3) is 0.250. The number of carbonyl (C=O) groups excluding carboxylic acids is 3. The first-order valence-corrected chi connectivity index (χ1v) is 12.3. The van der Waals surface area contributed by atoms with E-state index in [-0.39, 0.29) is 24.1 Å². The Morgan fingerprint density at radius 1 is 1.08 bits per heavy atom. The molecule has 0 saturated carbocycles. The second kappa shape index (κ2) is 11.4. The third kappa shape index (κ3) is 6.09. The summed E-state index contributed by atoms with van der Waals surface area (Å²) in [5, 5.41) is 6.13. The lowest BCUT2D eigenvalue weighted by atomic mass is 9.99. The van der Waals surface area contributed by atoms with Crippen LogP contribution in [0.25, 0.3) is 0 Å². The number of hydrogen-bond donors (Lipinski definition) is 2. The van der Waals surface area contributed by atoms with Crippen molar-refractivity contribution in [2.24, 2.45) is 0 Å². The van der Waals surface area contributed by atoms with Crippen molar-refractivity contribution in [1.29, 1.82) is 0 Å². The maximum absolute atomic E-state index is 14.1. The molecule has 7 nitrogen and oxygen atoms in total. The van der Waals surface area contributed by atoms with Gasteiger partial charge in [0.05, 0.1) is 12.1 Å². The van der Waals surface area contributed by atoms with Crippen LogP contribution in [-0.2, 0) is 16.1 Å². The molecule has 4 rings (SSSR count). The van der Waals surface area contributed by atoms with Crippen molar-refractivity contribution >= 4 is 35.2 Å². The summed E-state index contributed by atoms with van der Waals surface area (Å²) in [6, 6.07) is 18.3. The van der Waals surface area contributed by atoms with Gasteiger partial charge in [-0.05, 0) is 60.9 Å². The number of benzene rings is 3. The molecule has 1 aliphatic rings. The first kappa shape index (κ1) is 26.2. The summed E-state index contributed by atoms with van der Waals surface area (Å²) in [5.41, 5.74) is 1.53. The molecular weight excluding hydrogens is 497 g/mol. The van der Waals surface area contributed by atoms with Crippen molar-refractivity contribution < 1.29 is 23.5 Å². The summed E-state index contributed by atoms with van der Waals surface area (Å²) >= 11 is 6.12. The number of nitrogens with zero attached hydrogens (tertiary/aromatic N) is 1. The molecule has 1 heterocycles. The number of anilines is 1. The molecule has 9 heteroatoms. The quantitative estimate of drug-likeness (QED) is 0.396. The molecule has 2 N–H and O–H groups in total. The molecule has 37 heavy (non-hydrogen) atoms. The highest BCUT2D eigenvalue weighted by Crippen LogP contribution is 2.35. The van der Waals surface area contributed by atoms with E-state index >= 15 is 0 Å². The molecule has 3 amide bonds. The minimum Gasteiger partial charge on any atom is -0.438 e. The molecule has 192 valence electrons. The Hall–Kier alpha value is -3.91. The van der Waals surface area contributed by atoms with Crippen LogP contribution in [0.3, 0.4) is 0 Å². The van der Waals surface area contributed by atoms with Crippen LogP contribution in [-0.4, -0.2) is 34.9 Å². The van der Waals surface area contributed by atoms with Gasteiger partial charge >= 0.3 is 6.09 Å². The van der Waals surface area contributed by atoms with Crippen LogP contribution in [0.4, 0.5) is 14.9 Å². The highest BCUT2D eigenvalue weighted by atomic mass is 35.5. The summed E-state index contributed by atoms with van der Waals surface area (Å²) in [6.07, 6.45) is -0.861. The maximum atomic E-state index is 14.1. The zero-order valence-corrected chi connectivity index (χ0v) is 21.2. The normalized spacial score (nSPS) is 17.7. The second-order valence-corrected chi connectivity index (χ2v) is 9.32. The van der Waals surface area contributed by atoms with Crippen molar-refractivity contribution in [3.8, 4) is 0 Å². The van der Waals surface area contributed by atoms with Gasteiger partial charge < -0.3 is 15.4 Å². The fourth-order valence-electron chi connectivity index (χ4n) is 4.11. The van der Waals surface area contributed by atoms with Gasteiger partial charge in [-0.1, -0.05) is 54.9 Å². The summed E-state index contributed by atoms with van der Waals surface area (Å²) < 4.78 is 19.8. The Bertz CT molecular complexity index is 1320. The van der Waals surface area contributed by atoms with Gasteiger partial charge in [0.25, 0.3) is 5.91 Å². The van der Waals surface area contributed by atoms with Crippen LogP contribution in [0, 0.1) is 5.82 Å². The first-order valence-electron chi connectivity index (χ1n) is 11.9. The molecule has 0 radical (unpaired) electrons. The van der Waals surface area contributed by atoms with E-state index in [4.69, 9.17) is 16.3 Å². The zero-order chi connectivity index (χ0) is 26.5. The standard InChI is InChI=1S/C28H27ClFN3O4/c1-3-17(2)31-27(35)24-25(37-28(36)33(24)16-18-8-6-10-20(29)14-18)19-9-7-11-21(15-19)32-26(34)22-12-4-5-13-23(22)30/h4-15,17,24-25H,3,16H2,1-2H3,(H,31,35)(H,32,34). The molecule has 3 aromatic rings. The summed E-state index contributed by atoms with van der Waals surface area (Å²) in [6.45, 7) is 3.95. The third-order valence-corrected chi connectivity index (χ3v) is 6.42. The molecule has 0 bridgehead atoms. The highest BCUT2D eigenvalue weighted by Gasteiger charge is 2.47. The van der Waals surface area contributed by atoms with Gasteiger partial charge in [0.15, 0.2) is 12.1 Å². The molecular formula is C28H27ClFN3O4. The molecule has 0 aliphatic carbocycles. The Labute approximate surface area is 219 Å². The van der Waals surface area contributed by atoms with Crippen molar-refractivity contribution in [2.45, 2.75) is 45.0 Å². The van der Waals surface area contributed by atoms with Gasteiger partial charge in [0, 0.05) is 16.8 Å². The lowest BCUT2D eigenvalue weighted by molar-refractivity contribution is -0.127. The topological polar surface area (TPSA) is 87.7 Å². The number of cyclic esters (lactones) is 1. The Morgan fingerprint density at radius 3 is 2.57 bits per heavy atom. The van der Waals surface area contributed by atoms with E-state index in [9.17, 15) is 18.8 Å². The lowest BCUT2D eigenvalue weighted by Crippen LogP contribution is -2.48. The minimum atomic E-state index is -0.960. The van der Waals surface area contributed by atoms with Gasteiger partial charge in [0.2, 0.25) is 5.91 Å². The van der Waals surface area contributed by atoms with Gasteiger partial charge in [0.1, 0.15) is 5.82 Å². The number of amides is 3. The molecule has 1 fully saturated rings. The van der Waals surface area contributed by atoms with E-state index in [1.807, 2.05) is 19.9 Å². The van der Waals surface area contributed by atoms with Crippen LogP contribution >= 0.6 is 11.6 Å². The fourth-order valence-corrected chi connectivity index (χ4v) is 4.32. The monoisotopic (exact) mass is 523 g/mol. The SMILES string of the molecule is CCC(C)NC(=O)C1C(c2cccc(NC(=O)c3ccccc3F)c2)OC(=O)N1Cc1cccc(Cl)c1. The van der Waals surface area contributed by atoms with Crippen molar-refractivity contribution in [1.82, 2.24) is 10.2 Å². The van der Waals surface area contributed by atoms with Crippen molar-refractivity contribution in [3.05, 3.63) is 100 Å². The molecule has 0 aromatic heterocycles. The number of rotatable bonds is 8. The predicted octanol–water partition coefficient (Wildman–Crippen LogP) is 5.71. The first-order chi connectivity index (χ1) is 17.8. The van der Waals surface area contributed by atoms with E-state index < -0.39 is 30.0 Å². The summed E-state index contributed by atoms with van der Waals surface area (Å²) in [7, 11) is 0. The smallest absolute Gasteiger partial charge is 0.411 e. The minimum absolute atomic E-state index is 0.0984. The Morgan fingerprint density at radius 2 is 1.84 bits per heavy atom. The van der Waals surface area contributed by atoms with Crippen LogP contribution in [0.15, 0.2) is 72.8 Å². The van der Waals surface area contributed by atoms with Crippen molar-refractivity contribution in [3.63, 3.8) is 0 Å². The molecule has 1 aliphatic heterocycles. The summed E-state index contributed by atoms with van der Waals surface area (Å²) in [4.78, 5) is 40.3. The number of nitrogens with one attached hydrogen (secondary N) is 2. The average Bonchev–Trinajstić information content (AvgIpc) is 3.20. The Kier molecular flexibility index (Phi) is 8.08. The lowest BCUT2D eigenvalue weighted by Gasteiger charge is -2.26. The largest absolute Gasteiger partial charge is 0.438 e. The van der Waals surface area contributed by atoms with Crippen LogP contribution in [0.5, 0.6) is 0 Å². The van der Waals surface area contributed by atoms with Crippen LogP contribution in [0.2, 0.25) is 5.02 Å². The van der Waals surface area contributed by atoms with Crippen LogP contribution in [0.1, 0.15) is 47.9 Å². The molecule has 0 spiro atoms. The van der Waals surface area contributed by atoms with E-state index in [0.717, 1.165) is 5.56 Å². The summed E-state index contributed by atoms with van der Waals surface area (Å²) in [5.74, 6) is -1.61. The average molecular weight is 524 g/mol. The maximum Gasteiger partial charge on any atom is 0.411 e. The third-order valence-electron chi connectivity index (χ3n) is 6.19. The molecule has 3 aromatic carbocycles. The van der Waals surface area contributed by atoms with Gasteiger partial charge in [-0.25, -0.2) is 9.18 Å². The zero-order valence-electron chi connectivity index (χ0n) is 20.4. The van der Waals surface area contributed by atoms with Gasteiger partial charge in [-0.3, -0.25) is 14.5 Å². The second-order valence-electron chi connectivity index (χ2n) is 8.88. The van der Waals surface area contributed by atoms with E-state index in [2.05, 4.69) is 10.6 Å². The van der Waals surface area contributed by atoms with Crippen molar-refractivity contribution in [2.75, 3.05) is 5.32 Å². The molecule has 3 atom stereocenters. The molecule has 3 unspecified atom stereocenters. The highest BCUT2D eigenvalue weighted by molar-refractivity contribution is 6.30. The Balaban J connectivity index is 1.62. The number of hydrogen-bond acceptors (Lipinski definition) is 4. The van der Waals surface area contributed by atoms with E-state index in [1.54, 1.807) is 48.5 Å². The van der Waals surface area contributed by atoms with Gasteiger partial charge in [-0.15, -0.1) is 0 Å². The van der Waals surface area contributed by atoms with E-state index in [1.165, 1.54) is 23.1 Å². The van der Waals surface area contributed by atoms with Crippen LogP contribution < -0.4 is 10.6 Å². The predicted molar refractivity (Wildman–Crippen MR) is 139 cm³/mol. The number of halogens is 2. The number of ether oxygens (including phenoxy) is 1. The molecule has 1 saturated heterocycles. The number of carbonyl (C=O) groups is 3. The van der Waals surface area contributed by atoms with Gasteiger partial charge in [-0.2, -0.15) is 0 Å². The van der Waals surface area contributed by atoms with E-state index in [0.29, 0.717) is 22.7 Å².